The number of nitrogens with zero attached hydrogens (tertiary/aromatic N) is 4. The molecule has 0 bridgehead atoms. The molecule has 0 spiro atoms. The van der Waals surface area contributed by atoms with Crippen molar-refractivity contribution in [1.82, 2.24) is 14.7 Å². The van der Waals surface area contributed by atoms with Gasteiger partial charge in [-0.15, -0.1) is 0 Å². The molecule has 0 fully saturated rings. The Bertz CT molecular complexity index is 484. The van der Waals surface area contributed by atoms with E-state index in [1.54, 1.807) is 39.3 Å². The quantitative estimate of drug-likeness (QED) is 0.793. The highest BCUT2D eigenvalue weighted by atomic mass is 79.9. The summed E-state index contributed by atoms with van der Waals surface area (Å²) in [5.41, 5.74) is 0.370. The summed E-state index contributed by atoms with van der Waals surface area (Å²) in [7, 11) is 6.69. The summed E-state index contributed by atoms with van der Waals surface area (Å²) >= 11 is 3.22. The summed E-state index contributed by atoms with van der Waals surface area (Å²) in [6, 6.07) is 0. The molecule has 1 rings (SSSR count). The molecule has 0 N–H and O–H groups in total. The lowest BCUT2D eigenvalue weighted by atomic mass is 10.4. The summed E-state index contributed by atoms with van der Waals surface area (Å²) in [5.74, 6) is -0.0416. The molecule has 0 saturated heterocycles. The van der Waals surface area contributed by atoms with Crippen molar-refractivity contribution in [2.45, 2.75) is 0 Å². The van der Waals surface area contributed by atoms with Gasteiger partial charge in [-0.1, -0.05) is 0 Å². The van der Waals surface area contributed by atoms with Crippen molar-refractivity contribution in [3.05, 3.63) is 21.0 Å². The molecule has 0 atom stereocenters. The molecule has 1 aromatic rings. The third kappa shape index (κ3) is 3.06. The van der Waals surface area contributed by atoms with E-state index in [2.05, 4.69) is 21.0 Å². The molecule has 1 heterocycles. The van der Waals surface area contributed by atoms with Crippen LogP contribution in [0, 0.1) is 0 Å². The summed E-state index contributed by atoms with van der Waals surface area (Å²) in [5, 5.41) is 3.92. The van der Waals surface area contributed by atoms with E-state index in [-0.39, 0.29) is 18.0 Å². The average molecular weight is 303 g/mol. The van der Waals surface area contributed by atoms with Gasteiger partial charge in [-0.05, 0) is 15.9 Å². The molecular weight excluding hydrogens is 288 g/mol. The number of halogens is 1. The van der Waals surface area contributed by atoms with Gasteiger partial charge in [-0.2, -0.15) is 5.10 Å². The number of rotatable bonds is 3. The fourth-order valence-electron chi connectivity index (χ4n) is 1.20. The zero-order valence-electron chi connectivity index (χ0n) is 10.3. The van der Waals surface area contributed by atoms with Crippen LogP contribution in [0.15, 0.2) is 15.5 Å². The molecule has 17 heavy (non-hydrogen) atoms. The lowest BCUT2D eigenvalue weighted by Gasteiger charge is -2.21. The smallest absolute Gasteiger partial charge is 0.282 e. The van der Waals surface area contributed by atoms with E-state index < -0.39 is 0 Å². The van der Waals surface area contributed by atoms with Gasteiger partial charge in [0.05, 0.1) is 18.4 Å². The van der Waals surface area contributed by atoms with Gasteiger partial charge in [0.25, 0.3) is 5.56 Å². The van der Waals surface area contributed by atoms with Crippen molar-refractivity contribution in [3.8, 4) is 0 Å². The highest BCUT2D eigenvalue weighted by Gasteiger charge is 2.14. The maximum Gasteiger partial charge on any atom is 0.282 e. The number of likely N-dealkylation sites (N-methyl/N-ethyl adjacent to an activating group) is 2. The normalized spacial score (nSPS) is 10.2. The Hall–Kier alpha value is -1.37. The minimum atomic E-state index is -0.230. The molecule has 0 radical (unpaired) electrons. The molecule has 7 heteroatoms. The highest BCUT2D eigenvalue weighted by Crippen LogP contribution is 2.19. The highest BCUT2D eigenvalue weighted by molar-refractivity contribution is 9.10. The maximum absolute atomic E-state index is 11.6. The van der Waals surface area contributed by atoms with E-state index >= 15 is 0 Å². The predicted octanol–water partition coefficient (Wildman–Crippen LogP) is 0.0672. The van der Waals surface area contributed by atoms with Crippen molar-refractivity contribution >= 4 is 27.5 Å². The maximum atomic E-state index is 11.6. The summed E-state index contributed by atoms with van der Waals surface area (Å²) in [6.45, 7) is 0.195. The second kappa shape index (κ2) is 5.31. The Morgan fingerprint density at radius 1 is 1.47 bits per heavy atom. The molecule has 0 aliphatic heterocycles. The molecule has 1 aromatic heterocycles. The zero-order valence-corrected chi connectivity index (χ0v) is 11.9. The van der Waals surface area contributed by atoms with Gasteiger partial charge in [0.1, 0.15) is 4.47 Å². The van der Waals surface area contributed by atoms with Crippen LogP contribution in [-0.2, 0) is 11.8 Å². The Morgan fingerprint density at radius 3 is 2.59 bits per heavy atom. The van der Waals surface area contributed by atoms with Crippen molar-refractivity contribution in [1.29, 1.82) is 0 Å². The summed E-state index contributed by atoms with van der Waals surface area (Å²) in [6.07, 6.45) is 1.55. The second-order valence-electron chi connectivity index (χ2n) is 3.92. The second-order valence-corrected chi connectivity index (χ2v) is 4.71. The molecule has 6 nitrogen and oxygen atoms in total. The topological polar surface area (TPSA) is 58.4 Å². The molecule has 1 amide bonds. The number of amides is 1. The first-order chi connectivity index (χ1) is 7.84. The summed E-state index contributed by atoms with van der Waals surface area (Å²) < 4.78 is 1.64. The monoisotopic (exact) mass is 302 g/mol. The fraction of sp³-hybridized carbons (Fsp3) is 0.500. The Morgan fingerprint density at radius 2 is 2.06 bits per heavy atom. The number of aromatic nitrogens is 2. The van der Waals surface area contributed by atoms with Crippen molar-refractivity contribution in [2.75, 3.05) is 32.6 Å². The van der Waals surface area contributed by atoms with Gasteiger partial charge < -0.3 is 9.80 Å². The van der Waals surface area contributed by atoms with Gasteiger partial charge >= 0.3 is 0 Å². The van der Waals surface area contributed by atoms with Crippen LogP contribution >= 0.6 is 15.9 Å². The first-order valence-corrected chi connectivity index (χ1v) is 5.77. The van der Waals surface area contributed by atoms with Gasteiger partial charge in [-0.25, -0.2) is 4.68 Å². The largest absolute Gasteiger partial charge is 0.363 e. The van der Waals surface area contributed by atoms with E-state index in [4.69, 9.17) is 0 Å². The zero-order chi connectivity index (χ0) is 13.2. The standard InChI is InChI=1S/C10H15BrN4O2/c1-13(2)8(16)6-14(3)7-5-12-15(4)10(17)9(7)11/h5H,6H2,1-4H3. The molecule has 0 unspecified atom stereocenters. The number of hydrogen-bond acceptors (Lipinski definition) is 4. The van der Waals surface area contributed by atoms with Gasteiger partial charge in [0, 0.05) is 28.2 Å². The number of carbonyl (C=O) groups excluding carboxylic acids is 1. The lowest BCUT2D eigenvalue weighted by molar-refractivity contribution is -0.127. The van der Waals surface area contributed by atoms with Gasteiger partial charge in [-0.3, -0.25) is 9.59 Å². The molecule has 94 valence electrons. The molecule has 0 aromatic carbocycles. The first-order valence-electron chi connectivity index (χ1n) is 4.97. The summed E-state index contributed by atoms with van der Waals surface area (Å²) in [4.78, 5) is 26.4. The van der Waals surface area contributed by atoms with Gasteiger partial charge in [0.15, 0.2) is 0 Å². The number of carbonyl (C=O) groups is 1. The number of aryl methyl sites for hydroxylation is 1. The molecule has 0 aliphatic carbocycles. The SMILES string of the molecule is CN(C)C(=O)CN(C)c1cnn(C)c(=O)c1Br. The van der Waals surface area contributed by atoms with Crippen LogP contribution in [0.5, 0.6) is 0 Å². The molecule has 0 aliphatic rings. The molecular formula is C10H15BrN4O2. The Labute approximate surface area is 108 Å². The lowest BCUT2D eigenvalue weighted by Crippen LogP contribution is -2.35. The van der Waals surface area contributed by atoms with Crippen LogP contribution in [0.1, 0.15) is 0 Å². The average Bonchev–Trinajstić information content (AvgIpc) is 2.25. The van der Waals surface area contributed by atoms with E-state index in [1.807, 2.05) is 0 Å². The molecule has 0 saturated carbocycles. The van der Waals surface area contributed by atoms with E-state index in [1.165, 1.54) is 9.58 Å². The van der Waals surface area contributed by atoms with Crippen LogP contribution in [0.2, 0.25) is 0 Å². The van der Waals surface area contributed by atoms with E-state index in [0.29, 0.717) is 10.2 Å². The van der Waals surface area contributed by atoms with Crippen molar-refractivity contribution in [3.63, 3.8) is 0 Å². The van der Waals surface area contributed by atoms with Crippen LogP contribution in [0.4, 0.5) is 5.69 Å². The van der Waals surface area contributed by atoms with Gasteiger partial charge in [0.2, 0.25) is 5.91 Å². The van der Waals surface area contributed by atoms with Crippen LogP contribution < -0.4 is 10.5 Å². The predicted molar refractivity (Wildman–Crippen MR) is 69.1 cm³/mol. The van der Waals surface area contributed by atoms with Crippen LogP contribution in [0.3, 0.4) is 0 Å². The van der Waals surface area contributed by atoms with Crippen LogP contribution in [0.25, 0.3) is 0 Å². The van der Waals surface area contributed by atoms with Crippen LogP contribution in [-0.4, -0.2) is 48.3 Å². The van der Waals surface area contributed by atoms with Crippen molar-refractivity contribution < 1.29 is 4.79 Å². The Balaban J connectivity index is 2.98. The minimum absolute atomic E-state index is 0.0416. The van der Waals surface area contributed by atoms with E-state index in [9.17, 15) is 9.59 Å². The van der Waals surface area contributed by atoms with Crippen molar-refractivity contribution in [2.24, 2.45) is 7.05 Å². The Kier molecular flexibility index (Phi) is 4.28. The number of hydrogen-bond donors (Lipinski definition) is 0. The minimum Gasteiger partial charge on any atom is -0.363 e. The van der Waals surface area contributed by atoms with E-state index in [0.717, 1.165) is 0 Å². The number of anilines is 1. The fourth-order valence-corrected chi connectivity index (χ4v) is 1.86. The first kappa shape index (κ1) is 13.7. The third-order valence-corrected chi connectivity index (χ3v) is 3.09. The third-order valence-electron chi connectivity index (χ3n) is 2.34.